The van der Waals surface area contributed by atoms with Gasteiger partial charge in [0, 0.05) is 40.0 Å². The summed E-state index contributed by atoms with van der Waals surface area (Å²) in [5.41, 5.74) is 6.84. The van der Waals surface area contributed by atoms with E-state index in [0.717, 1.165) is 38.5 Å². The van der Waals surface area contributed by atoms with Crippen LogP contribution in [0.25, 0.3) is 0 Å². The molecule has 0 spiro atoms. The number of amides is 2. The molecular formula is C30H52ClN3O6. The quantitative estimate of drug-likeness (QED) is 0.193. The van der Waals surface area contributed by atoms with Crippen LogP contribution in [0.1, 0.15) is 75.6 Å². The van der Waals surface area contributed by atoms with Crippen LogP contribution in [0.15, 0.2) is 24.3 Å². The number of hydrogen-bond donors (Lipinski definition) is 4. The highest BCUT2D eigenvalue weighted by molar-refractivity contribution is 5.96. The predicted octanol–water partition coefficient (Wildman–Crippen LogP) is 3.71. The van der Waals surface area contributed by atoms with E-state index in [0.29, 0.717) is 37.5 Å². The maximum atomic E-state index is 13.0. The van der Waals surface area contributed by atoms with Crippen molar-refractivity contribution < 1.29 is 28.9 Å². The third-order valence-corrected chi connectivity index (χ3v) is 7.74. The average molecular weight is 586 g/mol. The fourth-order valence-electron chi connectivity index (χ4n) is 5.14. The lowest BCUT2D eigenvalue weighted by atomic mass is 9.84. The van der Waals surface area contributed by atoms with Crippen molar-refractivity contribution in [3.63, 3.8) is 0 Å². The van der Waals surface area contributed by atoms with Gasteiger partial charge in [0.25, 0.3) is 5.91 Å². The van der Waals surface area contributed by atoms with Crippen molar-refractivity contribution in [1.29, 1.82) is 0 Å². The van der Waals surface area contributed by atoms with Gasteiger partial charge in [0.1, 0.15) is 11.9 Å². The molecule has 230 valence electrons. The molecule has 1 aliphatic rings. The Balaban J connectivity index is 0.00000800. The zero-order valence-corrected chi connectivity index (χ0v) is 25.5. The third-order valence-electron chi connectivity index (χ3n) is 7.74. The van der Waals surface area contributed by atoms with Crippen molar-refractivity contribution >= 4 is 24.2 Å². The molecule has 0 aromatic heterocycles. The summed E-state index contributed by atoms with van der Waals surface area (Å²) in [5, 5.41) is 16.6. The molecule has 4 atom stereocenters. The van der Waals surface area contributed by atoms with Gasteiger partial charge in [0.05, 0.1) is 18.3 Å². The van der Waals surface area contributed by atoms with Gasteiger partial charge in [-0.15, -0.1) is 12.4 Å². The van der Waals surface area contributed by atoms with Crippen molar-refractivity contribution in [3.05, 3.63) is 29.8 Å². The predicted molar refractivity (Wildman–Crippen MR) is 160 cm³/mol. The minimum atomic E-state index is -0.901. The smallest absolute Gasteiger partial charge is 0.255 e. The van der Waals surface area contributed by atoms with Crippen LogP contribution in [-0.2, 0) is 14.3 Å². The Morgan fingerprint density at radius 3 is 2.35 bits per heavy atom. The van der Waals surface area contributed by atoms with Crippen LogP contribution in [0.4, 0.5) is 0 Å². The number of aliphatic hydroxyl groups excluding tert-OH is 1. The number of aliphatic hydroxyl groups is 1. The summed E-state index contributed by atoms with van der Waals surface area (Å²) in [6.07, 6.45) is 6.25. The van der Waals surface area contributed by atoms with E-state index in [9.17, 15) is 14.7 Å². The van der Waals surface area contributed by atoms with E-state index in [2.05, 4.69) is 24.5 Å². The van der Waals surface area contributed by atoms with Gasteiger partial charge in [0.2, 0.25) is 5.91 Å². The highest BCUT2D eigenvalue weighted by Crippen LogP contribution is 2.28. The van der Waals surface area contributed by atoms with E-state index >= 15 is 0 Å². The third kappa shape index (κ3) is 12.3. The average Bonchev–Trinajstić information content (AvgIpc) is 2.94. The van der Waals surface area contributed by atoms with Gasteiger partial charge in [-0.05, 0) is 62.0 Å². The molecule has 3 unspecified atom stereocenters. The Morgan fingerprint density at radius 1 is 1.02 bits per heavy atom. The minimum absolute atomic E-state index is 0. The van der Waals surface area contributed by atoms with E-state index in [4.69, 9.17) is 19.9 Å². The first-order valence-electron chi connectivity index (χ1n) is 14.5. The van der Waals surface area contributed by atoms with Crippen LogP contribution >= 0.6 is 12.4 Å². The number of para-hydroxylation sites is 1. The molecule has 1 saturated carbocycles. The fraction of sp³-hybridized carbons (Fsp3) is 0.733. The molecule has 1 aromatic carbocycles. The van der Waals surface area contributed by atoms with Crippen molar-refractivity contribution in [2.75, 3.05) is 40.5 Å². The molecule has 0 aliphatic heterocycles. The molecule has 1 aromatic rings. The number of nitrogens with one attached hydrogen (secondary N) is 2. The lowest BCUT2D eigenvalue weighted by molar-refractivity contribution is -0.135. The number of nitrogens with two attached hydrogens (primary N) is 1. The summed E-state index contributed by atoms with van der Waals surface area (Å²) in [6, 6.07) is 6.67. The highest BCUT2D eigenvalue weighted by atomic mass is 35.5. The first-order valence-corrected chi connectivity index (χ1v) is 14.5. The number of unbranched alkanes of at least 4 members (excludes halogenated alkanes) is 1. The SMILES string of the molecule is COCCCCOc1ccccc1C(=O)NCC(CC(N)C(O)CNC(=O)[C@H](OC)C1CCCCC1)C(C)C.Cl. The number of rotatable bonds is 18. The Kier molecular flexibility index (Phi) is 18.1. The van der Waals surface area contributed by atoms with E-state index in [1.807, 2.05) is 12.1 Å². The van der Waals surface area contributed by atoms with Gasteiger partial charge in [-0.1, -0.05) is 45.2 Å². The molecule has 5 N–H and O–H groups in total. The molecule has 0 heterocycles. The van der Waals surface area contributed by atoms with Gasteiger partial charge >= 0.3 is 0 Å². The number of hydrogen-bond acceptors (Lipinski definition) is 7. The van der Waals surface area contributed by atoms with Crippen LogP contribution < -0.4 is 21.1 Å². The number of methoxy groups -OCH3 is 2. The van der Waals surface area contributed by atoms with Gasteiger partial charge in [-0.2, -0.15) is 0 Å². The van der Waals surface area contributed by atoms with E-state index in [-0.39, 0.29) is 48.5 Å². The standard InChI is InChI=1S/C30H51N3O6.ClH/c1-21(2)23(19-32-29(35)24-14-8-9-15-27(24)39-17-11-10-16-37-3)18-25(31)26(34)20-33-30(36)28(38-4)22-12-6-5-7-13-22;/h8-9,14-15,21-23,25-26,28,34H,5-7,10-13,16-20,31H2,1-4H3,(H,32,35)(H,33,36);1H/t23?,25?,26?,28-;/m1./s1. The van der Waals surface area contributed by atoms with Gasteiger partial charge < -0.3 is 35.7 Å². The Bertz CT molecular complexity index is 852. The summed E-state index contributed by atoms with van der Waals surface area (Å²) in [6.45, 7) is 5.82. The van der Waals surface area contributed by atoms with Gasteiger partial charge in [0.15, 0.2) is 0 Å². The monoisotopic (exact) mass is 585 g/mol. The van der Waals surface area contributed by atoms with E-state index < -0.39 is 18.2 Å². The second-order valence-corrected chi connectivity index (χ2v) is 11.0. The van der Waals surface area contributed by atoms with E-state index in [1.54, 1.807) is 26.4 Å². The second kappa shape index (κ2) is 20.0. The molecule has 10 heteroatoms. The Hall–Kier alpha value is -1.91. The first kappa shape index (κ1) is 36.1. The number of carbonyl (C=O) groups is 2. The number of carbonyl (C=O) groups excluding carboxylic acids is 2. The lowest BCUT2D eigenvalue weighted by Crippen LogP contribution is -2.49. The molecule has 2 rings (SSSR count). The second-order valence-electron chi connectivity index (χ2n) is 11.0. The van der Waals surface area contributed by atoms with Crippen molar-refractivity contribution in [1.82, 2.24) is 10.6 Å². The van der Waals surface area contributed by atoms with E-state index in [1.165, 1.54) is 6.42 Å². The Labute approximate surface area is 246 Å². The summed E-state index contributed by atoms with van der Waals surface area (Å²) >= 11 is 0. The topological polar surface area (TPSA) is 132 Å². The normalized spacial score (nSPS) is 16.9. The molecule has 2 amide bonds. The molecule has 0 saturated heterocycles. The molecule has 0 bridgehead atoms. The van der Waals surface area contributed by atoms with Crippen LogP contribution in [0, 0.1) is 17.8 Å². The summed E-state index contributed by atoms with van der Waals surface area (Å²) in [5.74, 6) is 0.652. The zero-order chi connectivity index (χ0) is 28.6. The number of benzene rings is 1. The lowest BCUT2D eigenvalue weighted by Gasteiger charge is -2.30. The molecule has 1 aliphatic carbocycles. The molecule has 1 fully saturated rings. The van der Waals surface area contributed by atoms with Crippen molar-refractivity contribution in [2.45, 2.75) is 83.5 Å². The molecule has 9 nitrogen and oxygen atoms in total. The maximum Gasteiger partial charge on any atom is 0.255 e. The number of halogens is 1. The highest BCUT2D eigenvalue weighted by Gasteiger charge is 2.30. The van der Waals surface area contributed by atoms with Crippen LogP contribution in [0.5, 0.6) is 5.75 Å². The molecule has 0 radical (unpaired) electrons. The fourth-order valence-corrected chi connectivity index (χ4v) is 5.14. The Morgan fingerprint density at radius 2 is 1.70 bits per heavy atom. The first-order chi connectivity index (χ1) is 18.8. The molecular weight excluding hydrogens is 534 g/mol. The number of ether oxygens (including phenoxy) is 3. The summed E-state index contributed by atoms with van der Waals surface area (Å²) in [4.78, 5) is 25.7. The maximum absolute atomic E-state index is 13.0. The van der Waals surface area contributed by atoms with Gasteiger partial charge in [-0.3, -0.25) is 9.59 Å². The van der Waals surface area contributed by atoms with Crippen LogP contribution in [0.2, 0.25) is 0 Å². The van der Waals surface area contributed by atoms with Gasteiger partial charge in [-0.25, -0.2) is 0 Å². The van der Waals surface area contributed by atoms with Crippen molar-refractivity contribution in [3.8, 4) is 5.75 Å². The minimum Gasteiger partial charge on any atom is -0.493 e. The van der Waals surface area contributed by atoms with Crippen molar-refractivity contribution in [2.24, 2.45) is 23.5 Å². The summed E-state index contributed by atoms with van der Waals surface area (Å²) in [7, 11) is 3.24. The molecule has 40 heavy (non-hydrogen) atoms. The zero-order valence-electron chi connectivity index (χ0n) is 24.7. The van der Waals surface area contributed by atoms with Crippen LogP contribution in [0.3, 0.4) is 0 Å². The summed E-state index contributed by atoms with van der Waals surface area (Å²) < 4.78 is 16.4. The van der Waals surface area contributed by atoms with Crippen LogP contribution in [-0.4, -0.2) is 75.7 Å². The largest absolute Gasteiger partial charge is 0.493 e.